The van der Waals surface area contributed by atoms with Crippen LogP contribution in [0.5, 0.6) is 5.75 Å². The van der Waals surface area contributed by atoms with Crippen LogP contribution in [-0.4, -0.2) is 23.3 Å². The van der Waals surface area contributed by atoms with E-state index in [-0.39, 0.29) is 12.3 Å². The highest BCUT2D eigenvalue weighted by molar-refractivity contribution is 9.10. The molecule has 0 saturated carbocycles. The molecule has 0 aliphatic rings. The number of aromatic hydroxyl groups is 1. The zero-order chi connectivity index (χ0) is 27.3. The minimum absolute atomic E-state index is 0.00249. The zero-order valence-corrected chi connectivity index (χ0v) is 22.9. The summed E-state index contributed by atoms with van der Waals surface area (Å²) in [4.78, 5) is -0.391. The van der Waals surface area contributed by atoms with Crippen molar-refractivity contribution in [2.24, 2.45) is 0 Å². The van der Waals surface area contributed by atoms with Crippen LogP contribution in [0.15, 0.2) is 101 Å². The van der Waals surface area contributed by atoms with Gasteiger partial charge in [-0.2, -0.15) is 5.10 Å². The average molecular weight is 598 g/mol. The molecule has 0 atom stereocenters. The first-order valence-corrected chi connectivity index (χ1v) is 13.9. The van der Waals surface area contributed by atoms with Gasteiger partial charge in [-0.25, -0.2) is 22.2 Å². The molecular formula is C28H26BrFN4O3S. The molecular weight excluding hydrogens is 571 g/mol. The Bertz CT molecular complexity index is 1620. The van der Waals surface area contributed by atoms with E-state index in [1.807, 2.05) is 31.2 Å². The number of sulfonamides is 1. The summed E-state index contributed by atoms with van der Waals surface area (Å²) in [6, 6.07) is 19.6. The monoisotopic (exact) mass is 596 g/mol. The van der Waals surface area contributed by atoms with Crippen molar-refractivity contribution in [2.45, 2.75) is 24.9 Å². The fraction of sp³-hybridized carbons (Fsp3) is 0.107. The van der Waals surface area contributed by atoms with Crippen molar-refractivity contribution in [1.82, 2.24) is 19.8 Å². The molecule has 0 amide bonds. The molecule has 3 aromatic carbocycles. The van der Waals surface area contributed by atoms with E-state index in [1.54, 1.807) is 41.2 Å². The van der Waals surface area contributed by atoms with E-state index in [2.05, 4.69) is 37.6 Å². The molecule has 1 aromatic heterocycles. The number of hydrogen-bond donors (Lipinski definition) is 3. The first-order chi connectivity index (χ1) is 18.2. The van der Waals surface area contributed by atoms with Gasteiger partial charge in [0.15, 0.2) is 0 Å². The molecule has 4 rings (SSSR count). The summed E-state index contributed by atoms with van der Waals surface area (Å²) in [6.07, 6.45) is 3.49. The third-order valence-corrected chi connectivity index (χ3v) is 8.01. The Morgan fingerprint density at radius 1 is 1.08 bits per heavy atom. The van der Waals surface area contributed by atoms with Gasteiger partial charge in [0.1, 0.15) is 22.3 Å². The maximum Gasteiger partial charge on any atom is 0.243 e. The molecule has 196 valence electrons. The van der Waals surface area contributed by atoms with Crippen molar-refractivity contribution in [3.05, 3.63) is 124 Å². The Balaban J connectivity index is 1.52. The number of phenols is 1. The molecule has 0 aliphatic carbocycles. The molecule has 38 heavy (non-hydrogen) atoms. The Kier molecular flexibility index (Phi) is 8.45. The molecule has 0 radical (unpaired) electrons. The molecule has 0 bridgehead atoms. The van der Waals surface area contributed by atoms with Gasteiger partial charge in [0.05, 0.1) is 16.4 Å². The topological polar surface area (TPSA) is 96.2 Å². The minimum atomic E-state index is -4.01. The quantitative estimate of drug-likeness (QED) is 0.208. The van der Waals surface area contributed by atoms with Crippen molar-refractivity contribution >= 4 is 37.3 Å². The predicted molar refractivity (Wildman–Crippen MR) is 150 cm³/mol. The molecule has 3 N–H and O–H groups in total. The first kappa shape index (κ1) is 27.3. The van der Waals surface area contributed by atoms with Crippen LogP contribution in [0, 0.1) is 12.7 Å². The van der Waals surface area contributed by atoms with E-state index in [4.69, 9.17) is 0 Å². The summed E-state index contributed by atoms with van der Waals surface area (Å²) in [5.41, 5.74) is 3.65. The third kappa shape index (κ3) is 6.39. The fourth-order valence-corrected chi connectivity index (χ4v) is 5.12. The highest BCUT2D eigenvalue weighted by Crippen LogP contribution is 2.26. The minimum Gasteiger partial charge on any atom is -0.507 e. The Morgan fingerprint density at radius 3 is 2.45 bits per heavy atom. The molecule has 4 aromatic rings. The molecule has 0 fully saturated rings. The second kappa shape index (κ2) is 11.8. The predicted octanol–water partition coefficient (Wildman–Crippen LogP) is 5.58. The highest BCUT2D eigenvalue weighted by Gasteiger charge is 2.18. The zero-order valence-electron chi connectivity index (χ0n) is 20.5. The Morgan fingerprint density at radius 2 is 1.76 bits per heavy atom. The van der Waals surface area contributed by atoms with Crippen molar-refractivity contribution < 1.29 is 17.9 Å². The summed E-state index contributed by atoms with van der Waals surface area (Å²) in [6.45, 7) is 6.42. The van der Waals surface area contributed by atoms with Crippen LogP contribution in [0.3, 0.4) is 0 Å². The molecule has 7 nitrogen and oxygen atoms in total. The Hall–Kier alpha value is -3.73. The van der Waals surface area contributed by atoms with E-state index >= 15 is 0 Å². The number of phenolic OH excluding ortho intramolecular Hbond substituents is 1. The van der Waals surface area contributed by atoms with Gasteiger partial charge in [-0.3, -0.25) is 0 Å². The van der Waals surface area contributed by atoms with Gasteiger partial charge in [0.2, 0.25) is 10.0 Å². The summed E-state index contributed by atoms with van der Waals surface area (Å²) in [7, 11) is -4.01. The van der Waals surface area contributed by atoms with Gasteiger partial charge >= 0.3 is 0 Å². The van der Waals surface area contributed by atoms with Gasteiger partial charge in [0.25, 0.3) is 0 Å². The highest BCUT2D eigenvalue weighted by atomic mass is 79.9. The van der Waals surface area contributed by atoms with E-state index in [1.165, 1.54) is 18.2 Å². The van der Waals surface area contributed by atoms with Crippen LogP contribution < -0.4 is 10.0 Å². The van der Waals surface area contributed by atoms with Gasteiger partial charge in [-0.15, -0.1) is 0 Å². The largest absolute Gasteiger partial charge is 0.507 e. The molecule has 0 spiro atoms. The van der Waals surface area contributed by atoms with Crippen LogP contribution in [0.1, 0.15) is 22.4 Å². The van der Waals surface area contributed by atoms with Crippen molar-refractivity contribution in [1.29, 1.82) is 0 Å². The normalized spacial score (nSPS) is 11.9. The standard InChI is InChI=1S/C28H26BrFN4O3S/c1-19(23-10-3-5-12-26(23)35)14-28(34-20(2)24(29)18-32-34)31-16-21-8-7-9-22(15-21)17-33-38(36,37)27-13-6-4-11-25(27)30/h3-15,18,31,33,35H,1,16-17H2,2H3/b28-14-. The van der Waals surface area contributed by atoms with Gasteiger partial charge in [-0.1, -0.05) is 61.2 Å². The van der Waals surface area contributed by atoms with E-state index in [9.17, 15) is 17.9 Å². The van der Waals surface area contributed by atoms with Crippen LogP contribution in [0.25, 0.3) is 11.4 Å². The maximum atomic E-state index is 14.0. The lowest BCUT2D eigenvalue weighted by molar-refractivity contribution is 0.474. The van der Waals surface area contributed by atoms with E-state index in [0.717, 1.165) is 21.8 Å². The number of aromatic nitrogens is 2. The molecule has 0 aliphatic heterocycles. The number of para-hydroxylation sites is 1. The van der Waals surface area contributed by atoms with Crippen molar-refractivity contribution in [3.63, 3.8) is 0 Å². The number of nitrogens with one attached hydrogen (secondary N) is 2. The first-order valence-electron chi connectivity index (χ1n) is 11.6. The number of benzene rings is 3. The van der Waals surface area contributed by atoms with E-state index < -0.39 is 20.7 Å². The van der Waals surface area contributed by atoms with Gasteiger partial charge in [-0.05, 0) is 63.8 Å². The number of allylic oxidation sites excluding steroid dienone is 2. The molecule has 10 heteroatoms. The van der Waals surface area contributed by atoms with Crippen molar-refractivity contribution in [2.75, 3.05) is 0 Å². The number of nitrogens with zero attached hydrogens (tertiary/aromatic N) is 2. The lowest BCUT2D eigenvalue weighted by atomic mass is 10.1. The van der Waals surface area contributed by atoms with Gasteiger partial charge < -0.3 is 10.4 Å². The van der Waals surface area contributed by atoms with E-state index in [0.29, 0.717) is 29.1 Å². The number of halogens is 2. The van der Waals surface area contributed by atoms with Crippen LogP contribution in [-0.2, 0) is 23.1 Å². The van der Waals surface area contributed by atoms with Crippen molar-refractivity contribution in [3.8, 4) is 5.75 Å². The summed E-state index contributed by atoms with van der Waals surface area (Å²) >= 11 is 3.49. The molecule has 1 heterocycles. The van der Waals surface area contributed by atoms with Crippen LogP contribution in [0.4, 0.5) is 4.39 Å². The summed E-state index contributed by atoms with van der Waals surface area (Å²) in [5.74, 6) is -0.0488. The van der Waals surface area contributed by atoms with Crippen LogP contribution >= 0.6 is 15.9 Å². The second-order valence-electron chi connectivity index (χ2n) is 8.49. The molecule has 0 saturated heterocycles. The molecule has 0 unspecified atom stereocenters. The SMILES string of the molecule is C=C(/C=C(/NCc1cccc(CNS(=O)(=O)c2ccccc2F)c1)n1ncc(Br)c1C)c1ccccc1O. The van der Waals surface area contributed by atoms with Gasteiger partial charge in [0, 0.05) is 18.7 Å². The maximum absolute atomic E-state index is 14.0. The second-order valence-corrected chi connectivity index (χ2v) is 11.1. The number of hydrogen-bond acceptors (Lipinski definition) is 5. The summed E-state index contributed by atoms with van der Waals surface area (Å²) in [5, 5.41) is 18.1. The lowest BCUT2D eigenvalue weighted by Crippen LogP contribution is -2.24. The Labute approximate surface area is 229 Å². The smallest absolute Gasteiger partial charge is 0.243 e. The average Bonchev–Trinajstić information content (AvgIpc) is 3.23. The van der Waals surface area contributed by atoms with Crippen LogP contribution in [0.2, 0.25) is 0 Å². The lowest BCUT2D eigenvalue weighted by Gasteiger charge is -2.15. The fourth-order valence-electron chi connectivity index (χ4n) is 3.77. The third-order valence-electron chi connectivity index (χ3n) is 5.80. The number of rotatable bonds is 10. The summed E-state index contributed by atoms with van der Waals surface area (Å²) < 4.78 is 44.1.